The van der Waals surface area contributed by atoms with Gasteiger partial charge in [0, 0.05) is 46.3 Å². The van der Waals surface area contributed by atoms with Crippen molar-refractivity contribution in [3.8, 4) is 0 Å². The molecule has 118 valence electrons. The number of carbonyl (C=O) groups excluding carboxylic acids is 1. The van der Waals surface area contributed by atoms with E-state index >= 15 is 0 Å². The average molecular weight is 309 g/mol. The van der Waals surface area contributed by atoms with Gasteiger partial charge in [-0.15, -0.1) is 0 Å². The second kappa shape index (κ2) is 7.89. The van der Waals surface area contributed by atoms with Crippen molar-refractivity contribution in [3.05, 3.63) is 0 Å². The summed E-state index contributed by atoms with van der Waals surface area (Å²) in [5.74, 6) is -0.431. The van der Waals surface area contributed by atoms with Gasteiger partial charge in [-0.05, 0) is 0 Å². The molecule has 0 saturated carbocycles. The first-order valence-electron chi connectivity index (χ1n) is 6.53. The molecule has 20 heavy (non-hydrogen) atoms. The molecule has 1 aliphatic rings. The lowest BCUT2D eigenvalue weighted by molar-refractivity contribution is -0.140. The molecule has 0 bridgehead atoms. The molecular weight excluding hydrogens is 286 g/mol. The number of esters is 1. The minimum absolute atomic E-state index is 0.0384. The minimum Gasteiger partial charge on any atom is -0.469 e. The highest BCUT2D eigenvalue weighted by Crippen LogP contribution is 2.11. The third-order valence-corrected chi connectivity index (χ3v) is 5.31. The fourth-order valence-electron chi connectivity index (χ4n) is 1.99. The highest BCUT2D eigenvalue weighted by Gasteiger charge is 2.30. The number of methoxy groups -OCH3 is 1. The Morgan fingerprint density at radius 3 is 2.40 bits per heavy atom. The van der Waals surface area contributed by atoms with Crippen LogP contribution in [0.15, 0.2) is 0 Å². The number of hydrogen-bond donors (Lipinski definition) is 1. The highest BCUT2D eigenvalue weighted by atomic mass is 32.2. The van der Waals surface area contributed by atoms with Crippen LogP contribution in [0.3, 0.4) is 0 Å². The molecule has 0 aromatic carbocycles. The van der Waals surface area contributed by atoms with Gasteiger partial charge < -0.3 is 9.84 Å². The lowest BCUT2D eigenvalue weighted by atomic mass is 10.4. The summed E-state index contributed by atoms with van der Waals surface area (Å²) in [6.45, 7) is 2.73. The number of nitrogens with zero attached hydrogens (tertiary/aromatic N) is 3. The van der Waals surface area contributed by atoms with Crippen LogP contribution in [0.2, 0.25) is 0 Å². The molecule has 0 amide bonds. The Morgan fingerprint density at radius 2 is 1.90 bits per heavy atom. The number of aliphatic hydroxyl groups excluding tert-OH is 1. The van der Waals surface area contributed by atoms with Crippen LogP contribution < -0.4 is 0 Å². The number of hydrogen-bond acceptors (Lipinski definition) is 6. The molecule has 9 heteroatoms. The SMILES string of the molecule is COC(=O)CCN(C)S(=O)(=O)N1CCN(CCO)CC1. The van der Waals surface area contributed by atoms with E-state index in [0.717, 1.165) is 0 Å². The summed E-state index contributed by atoms with van der Waals surface area (Å²) in [5, 5.41) is 8.85. The number of β-amino-alcohol motifs (C(OH)–C–C–N with tert-alkyl or cyclic N) is 1. The topological polar surface area (TPSA) is 90.4 Å². The van der Waals surface area contributed by atoms with Gasteiger partial charge in [-0.1, -0.05) is 0 Å². The average Bonchev–Trinajstić information content (AvgIpc) is 2.45. The zero-order valence-corrected chi connectivity index (χ0v) is 12.8. The zero-order chi connectivity index (χ0) is 15.2. The van der Waals surface area contributed by atoms with Crippen LogP contribution in [-0.2, 0) is 19.7 Å². The summed E-state index contributed by atoms with van der Waals surface area (Å²) in [7, 11) is -0.803. The molecule has 0 aromatic rings. The van der Waals surface area contributed by atoms with E-state index in [4.69, 9.17) is 5.11 Å². The standard InChI is InChI=1S/C11H23N3O5S/c1-12(4-3-11(16)19-2)20(17,18)14-7-5-13(6-8-14)9-10-15/h15H,3-10H2,1-2H3. The molecule has 1 heterocycles. The number of aliphatic hydroxyl groups is 1. The first-order chi connectivity index (χ1) is 9.41. The van der Waals surface area contributed by atoms with Crippen molar-refractivity contribution in [3.63, 3.8) is 0 Å². The maximum atomic E-state index is 12.3. The van der Waals surface area contributed by atoms with E-state index in [9.17, 15) is 13.2 Å². The second-order valence-corrected chi connectivity index (χ2v) is 6.66. The summed E-state index contributed by atoms with van der Waals surface area (Å²) < 4.78 is 31.6. The number of piperazine rings is 1. The number of ether oxygens (including phenoxy) is 1. The van der Waals surface area contributed by atoms with Gasteiger partial charge in [0.05, 0.1) is 20.1 Å². The third-order valence-electron chi connectivity index (χ3n) is 3.33. The predicted molar refractivity (Wildman–Crippen MR) is 73.3 cm³/mol. The zero-order valence-electron chi connectivity index (χ0n) is 12.0. The van der Waals surface area contributed by atoms with Crippen molar-refractivity contribution >= 4 is 16.2 Å². The van der Waals surface area contributed by atoms with E-state index in [2.05, 4.69) is 4.74 Å². The maximum Gasteiger partial charge on any atom is 0.306 e. The first kappa shape index (κ1) is 17.3. The van der Waals surface area contributed by atoms with E-state index in [1.54, 1.807) is 0 Å². The molecule has 0 aliphatic carbocycles. The summed E-state index contributed by atoms with van der Waals surface area (Å²) in [6, 6.07) is 0. The normalized spacial score (nSPS) is 18.4. The molecule has 0 radical (unpaired) electrons. The van der Waals surface area contributed by atoms with E-state index in [1.807, 2.05) is 4.90 Å². The van der Waals surface area contributed by atoms with Crippen molar-refractivity contribution in [1.29, 1.82) is 0 Å². The Kier molecular flexibility index (Phi) is 6.83. The van der Waals surface area contributed by atoms with Gasteiger partial charge in [0.15, 0.2) is 0 Å². The summed E-state index contributed by atoms with van der Waals surface area (Å²) in [4.78, 5) is 13.1. The molecule has 0 spiro atoms. The van der Waals surface area contributed by atoms with Crippen LogP contribution in [0.25, 0.3) is 0 Å². The Balaban J connectivity index is 2.50. The van der Waals surface area contributed by atoms with Crippen molar-refractivity contribution < 1.29 is 23.1 Å². The second-order valence-electron chi connectivity index (χ2n) is 4.62. The fraction of sp³-hybridized carbons (Fsp3) is 0.909. The number of rotatable bonds is 7. The van der Waals surface area contributed by atoms with E-state index in [0.29, 0.717) is 32.7 Å². The van der Waals surface area contributed by atoms with Crippen LogP contribution >= 0.6 is 0 Å². The largest absolute Gasteiger partial charge is 0.469 e. The van der Waals surface area contributed by atoms with E-state index < -0.39 is 16.2 Å². The summed E-state index contributed by atoms with van der Waals surface area (Å²) >= 11 is 0. The Bertz CT molecular complexity index is 406. The van der Waals surface area contributed by atoms with Gasteiger partial charge >= 0.3 is 5.97 Å². The molecule has 1 N–H and O–H groups in total. The maximum absolute atomic E-state index is 12.3. The van der Waals surface area contributed by atoms with Crippen molar-refractivity contribution in [2.75, 3.05) is 60.0 Å². The molecule has 0 aromatic heterocycles. The van der Waals surface area contributed by atoms with Gasteiger partial charge in [0.2, 0.25) is 0 Å². The lowest BCUT2D eigenvalue weighted by Gasteiger charge is -2.35. The minimum atomic E-state index is -3.53. The van der Waals surface area contributed by atoms with Gasteiger partial charge in [0.1, 0.15) is 0 Å². The van der Waals surface area contributed by atoms with Gasteiger partial charge in [0.25, 0.3) is 10.2 Å². The van der Waals surface area contributed by atoms with E-state index in [1.165, 1.54) is 22.8 Å². The predicted octanol–water partition coefficient (Wildman–Crippen LogP) is -1.66. The summed E-state index contributed by atoms with van der Waals surface area (Å²) in [5.41, 5.74) is 0. The smallest absolute Gasteiger partial charge is 0.306 e. The molecular formula is C11H23N3O5S. The number of carbonyl (C=O) groups is 1. The monoisotopic (exact) mass is 309 g/mol. The Hall–Kier alpha value is -0.740. The third kappa shape index (κ3) is 4.67. The summed E-state index contributed by atoms with van der Waals surface area (Å²) in [6.07, 6.45) is 0.0384. The van der Waals surface area contributed by atoms with Crippen LogP contribution in [0.5, 0.6) is 0 Å². The molecule has 8 nitrogen and oxygen atoms in total. The Morgan fingerprint density at radius 1 is 1.30 bits per heavy atom. The van der Waals surface area contributed by atoms with Gasteiger partial charge in [-0.25, -0.2) is 0 Å². The first-order valence-corrected chi connectivity index (χ1v) is 7.93. The van der Waals surface area contributed by atoms with Gasteiger partial charge in [-0.2, -0.15) is 17.0 Å². The molecule has 1 saturated heterocycles. The van der Waals surface area contributed by atoms with Crippen molar-refractivity contribution in [2.45, 2.75) is 6.42 Å². The quantitative estimate of drug-likeness (QED) is 0.566. The lowest BCUT2D eigenvalue weighted by Crippen LogP contribution is -2.52. The Labute approximate surface area is 120 Å². The molecule has 1 rings (SSSR count). The van der Waals surface area contributed by atoms with Gasteiger partial charge in [-0.3, -0.25) is 9.69 Å². The highest BCUT2D eigenvalue weighted by molar-refractivity contribution is 7.86. The van der Waals surface area contributed by atoms with Crippen molar-refractivity contribution in [2.24, 2.45) is 0 Å². The van der Waals surface area contributed by atoms with Crippen LogP contribution in [-0.4, -0.2) is 93.0 Å². The molecule has 0 unspecified atom stereocenters. The van der Waals surface area contributed by atoms with Crippen LogP contribution in [0.4, 0.5) is 0 Å². The molecule has 0 atom stereocenters. The molecule has 1 aliphatic heterocycles. The molecule has 1 fully saturated rings. The van der Waals surface area contributed by atoms with Crippen LogP contribution in [0, 0.1) is 0 Å². The fourth-order valence-corrected chi connectivity index (χ4v) is 3.33. The van der Waals surface area contributed by atoms with Crippen LogP contribution in [0.1, 0.15) is 6.42 Å². The van der Waals surface area contributed by atoms with E-state index in [-0.39, 0.29) is 19.6 Å². The van der Waals surface area contributed by atoms with Crippen molar-refractivity contribution in [1.82, 2.24) is 13.5 Å².